The normalized spacial score (nSPS) is 10.2. The van der Waals surface area contributed by atoms with Gasteiger partial charge in [0.2, 0.25) is 0 Å². The lowest BCUT2D eigenvalue weighted by Gasteiger charge is -2.08. The maximum Gasteiger partial charge on any atom is 0.358 e. The van der Waals surface area contributed by atoms with Crippen LogP contribution in [0.3, 0.4) is 0 Å². The molecule has 0 saturated heterocycles. The number of anilines is 4. The minimum atomic E-state index is -0.484. The highest BCUT2D eigenvalue weighted by molar-refractivity contribution is 5.87. The Hall–Kier alpha value is -3.55. The maximum atomic E-state index is 11.6. The van der Waals surface area contributed by atoms with Gasteiger partial charge in [0.05, 0.1) is 6.61 Å². The minimum Gasteiger partial charge on any atom is -0.461 e. The molecule has 0 aliphatic heterocycles. The zero-order valence-corrected chi connectivity index (χ0v) is 14.4. The van der Waals surface area contributed by atoms with E-state index in [9.17, 15) is 4.79 Å². The van der Waals surface area contributed by atoms with Crippen LogP contribution in [-0.2, 0) is 4.74 Å². The average molecular weight is 350 g/mol. The lowest BCUT2D eigenvalue weighted by Crippen LogP contribution is -2.08. The van der Waals surface area contributed by atoms with Crippen LogP contribution in [0, 0.1) is 6.92 Å². The molecule has 8 heteroatoms. The van der Waals surface area contributed by atoms with Crippen LogP contribution in [-0.4, -0.2) is 32.7 Å². The maximum absolute atomic E-state index is 11.6. The van der Waals surface area contributed by atoms with Crippen LogP contribution in [0.4, 0.5) is 23.0 Å². The van der Waals surface area contributed by atoms with Gasteiger partial charge in [0.15, 0.2) is 11.5 Å². The summed E-state index contributed by atoms with van der Waals surface area (Å²) in [5, 5.41) is 14.2. The third kappa shape index (κ3) is 4.50. The van der Waals surface area contributed by atoms with Gasteiger partial charge in [0.1, 0.15) is 12.1 Å². The molecule has 3 aromatic rings. The van der Waals surface area contributed by atoms with Crippen molar-refractivity contribution in [1.82, 2.24) is 20.2 Å². The summed E-state index contributed by atoms with van der Waals surface area (Å²) in [6, 6.07) is 12.7. The lowest BCUT2D eigenvalue weighted by molar-refractivity contribution is 0.0518. The molecule has 0 aliphatic rings. The van der Waals surface area contributed by atoms with Crippen molar-refractivity contribution in [2.45, 2.75) is 13.8 Å². The molecule has 0 aliphatic carbocycles. The van der Waals surface area contributed by atoms with Crippen molar-refractivity contribution >= 4 is 29.0 Å². The Bertz CT molecular complexity index is 881. The molecule has 8 nitrogen and oxygen atoms in total. The van der Waals surface area contributed by atoms with Gasteiger partial charge in [-0.2, -0.15) is 0 Å². The summed E-state index contributed by atoms with van der Waals surface area (Å²) in [7, 11) is 0. The molecular formula is C18H18N6O2. The zero-order chi connectivity index (χ0) is 18.4. The number of ether oxygens (including phenoxy) is 1. The second kappa shape index (κ2) is 8.02. The Morgan fingerprint density at radius 2 is 1.65 bits per heavy atom. The molecule has 26 heavy (non-hydrogen) atoms. The van der Waals surface area contributed by atoms with Gasteiger partial charge in [-0.15, -0.1) is 10.2 Å². The first-order valence-corrected chi connectivity index (χ1v) is 8.07. The van der Waals surface area contributed by atoms with Crippen LogP contribution in [0.1, 0.15) is 23.1 Å². The van der Waals surface area contributed by atoms with Crippen molar-refractivity contribution in [2.24, 2.45) is 0 Å². The standard InChI is InChI=1S/C18H18N6O2/c1-3-26-18(25)15-8-9-16(24-23-15)21-13-4-6-14(7-5-13)22-17-10-12(2)19-11-20-17/h4-11H,3H2,1-2H3,(H,21,24)(H,19,20,22). The zero-order valence-electron chi connectivity index (χ0n) is 14.4. The van der Waals surface area contributed by atoms with Gasteiger partial charge >= 0.3 is 5.97 Å². The number of carbonyl (C=O) groups excluding carboxylic acids is 1. The van der Waals surface area contributed by atoms with Crippen LogP contribution in [0.15, 0.2) is 48.8 Å². The molecule has 0 fully saturated rings. The average Bonchev–Trinajstić information content (AvgIpc) is 2.64. The summed E-state index contributed by atoms with van der Waals surface area (Å²) in [6.07, 6.45) is 1.52. The number of hydrogen-bond donors (Lipinski definition) is 2. The highest BCUT2D eigenvalue weighted by Crippen LogP contribution is 2.20. The summed E-state index contributed by atoms with van der Waals surface area (Å²) in [5.74, 6) is 0.783. The Morgan fingerprint density at radius 1 is 0.962 bits per heavy atom. The summed E-state index contributed by atoms with van der Waals surface area (Å²) >= 11 is 0. The van der Waals surface area contributed by atoms with E-state index in [2.05, 4.69) is 30.8 Å². The van der Waals surface area contributed by atoms with Crippen LogP contribution in [0.5, 0.6) is 0 Å². The fourth-order valence-electron chi connectivity index (χ4n) is 2.17. The first-order valence-electron chi connectivity index (χ1n) is 8.07. The van der Waals surface area contributed by atoms with Gasteiger partial charge in [0, 0.05) is 23.1 Å². The molecule has 2 aromatic heterocycles. The number of hydrogen-bond acceptors (Lipinski definition) is 8. The predicted molar refractivity (Wildman–Crippen MR) is 97.8 cm³/mol. The molecule has 0 saturated carbocycles. The van der Waals surface area contributed by atoms with E-state index in [1.165, 1.54) is 6.33 Å². The first kappa shape index (κ1) is 17.3. The van der Waals surface area contributed by atoms with Crippen molar-refractivity contribution in [3.05, 3.63) is 60.2 Å². The molecular weight excluding hydrogens is 332 g/mol. The summed E-state index contributed by atoms with van der Waals surface area (Å²) in [5.41, 5.74) is 2.81. The Balaban J connectivity index is 1.63. The Labute approximate surface area is 150 Å². The molecule has 1 aromatic carbocycles. The fraction of sp³-hybridized carbons (Fsp3) is 0.167. The third-order valence-electron chi connectivity index (χ3n) is 3.38. The van der Waals surface area contributed by atoms with Gasteiger partial charge < -0.3 is 15.4 Å². The molecule has 0 bridgehead atoms. The van der Waals surface area contributed by atoms with Crippen molar-refractivity contribution in [3.8, 4) is 0 Å². The van der Waals surface area contributed by atoms with E-state index in [1.54, 1.807) is 19.1 Å². The largest absolute Gasteiger partial charge is 0.461 e. The minimum absolute atomic E-state index is 0.178. The number of rotatable bonds is 6. The van der Waals surface area contributed by atoms with Crippen molar-refractivity contribution in [3.63, 3.8) is 0 Å². The molecule has 0 radical (unpaired) electrons. The van der Waals surface area contributed by atoms with Crippen LogP contribution >= 0.6 is 0 Å². The van der Waals surface area contributed by atoms with Crippen LogP contribution in [0.2, 0.25) is 0 Å². The van der Waals surface area contributed by atoms with Gasteiger partial charge in [-0.05, 0) is 50.2 Å². The van der Waals surface area contributed by atoms with Gasteiger partial charge in [-0.1, -0.05) is 0 Å². The number of carbonyl (C=O) groups is 1. The van der Waals surface area contributed by atoms with E-state index in [-0.39, 0.29) is 5.69 Å². The molecule has 0 amide bonds. The number of aryl methyl sites for hydroxylation is 1. The van der Waals surface area contributed by atoms with Gasteiger partial charge in [0.25, 0.3) is 0 Å². The first-order chi connectivity index (χ1) is 12.6. The van der Waals surface area contributed by atoms with Gasteiger partial charge in [-0.3, -0.25) is 0 Å². The van der Waals surface area contributed by atoms with E-state index in [0.29, 0.717) is 12.4 Å². The van der Waals surface area contributed by atoms with Crippen LogP contribution < -0.4 is 10.6 Å². The molecule has 0 spiro atoms. The second-order valence-electron chi connectivity index (χ2n) is 5.40. The molecule has 0 atom stereocenters. The number of nitrogens with one attached hydrogen (secondary N) is 2. The van der Waals surface area contributed by atoms with E-state index in [1.807, 2.05) is 37.3 Å². The van der Waals surface area contributed by atoms with E-state index < -0.39 is 5.97 Å². The summed E-state index contributed by atoms with van der Waals surface area (Å²) < 4.78 is 4.88. The molecule has 2 heterocycles. The van der Waals surface area contributed by atoms with E-state index in [0.717, 1.165) is 22.9 Å². The summed E-state index contributed by atoms with van der Waals surface area (Å²) in [6.45, 7) is 3.95. The number of esters is 1. The SMILES string of the molecule is CCOC(=O)c1ccc(Nc2ccc(Nc3cc(C)ncn3)cc2)nn1. The number of aromatic nitrogens is 4. The highest BCUT2D eigenvalue weighted by atomic mass is 16.5. The molecule has 3 rings (SSSR count). The molecule has 132 valence electrons. The monoisotopic (exact) mass is 350 g/mol. The molecule has 2 N–H and O–H groups in total. The number of nitrogens with zero attached hydrogens (tertiary/aromatic N) is 4. The summed E-state index contributed by atoms with van der Waals surface area (Å²) in [4.78, 5) is 19.8. The van der Waals surface area contributed by atoms with Crippen LogP contribution in [0.25, 0.3) is 0 Å². The second-order valence-corrected chi connectivity index (χ2v) is 5.40. The Morgan fingerprint density at radius 3 is 2.23 bits per heavy atom. The third-order valence-corrected chi connectivity index (χ3v) is 3.38. The quantitative estimate of drug-likeness (QED) is 0.653. The lowest BCUT2D eigenvalue weighted by atomic mass is 10.2. The fourth-order valence-corrected chi connectivity index (χ4v) is 2.17. The smallest absolute Gasteiger partial charge is 0.358 e. The van der Waals surface area contributed by atoms with Crippen molar-refractivity contribution < 1.29 is 9.53 Å². The number of benzene rings is 1. The highest BCUT2D eigenvalue weighted by Gasteiger charge is 2.08. The van der Waals surface area contributed by atoms with Crippen molar-refractivity contribution in [1.29, 1.82) is 0 Å². The van der Waals surface area contributed by atoms with Crippen molar-refractivity contribution in [2.75, 3.05) is 17.2 Å². The molecule has 0 unspecified atom stereocenters. The Kier molecular flexibility index (Phi) is 5.33. The van der Waals surface area contributed by atoms with Gasteiger partial charge in [-0.25, -0.2) is 14.8 Å². The predicted octanol–water partition coefficient (Wildman–Crippen LogP) is 3.24. The van der Waals surface area contributed by atoms with E-state index in [4.69, 9.17) is 4.74 Å². The van der Waals surface area contributed by atoms with E-state index >= 15 is 0 Å². The topological polar surface area (TPSA) is 102 Å².